The molecule has 7 heteroatoms. The number of halogens is 1. The highest BCUT2D eigenvalue weighted by atomic mass is 79.9. The summed E-state index contributed by atoms with van der Waals surface area (Å²) in [6, 6.07) is 1.88. The van der Waals surface area contributed by atoms with Gasteiger partial charge >= 0.3 is 0 Å². The third-order valence-corrected chi connectivity index (χ3v) is 7.98. The number of nitrogens with two attached hydrogens (primary N) is 1. The molecule has 3 rings (SSSR count). The lowest BCUT2D eigenvalue weighted by Crippen LogP contribution is -2.33. The first-order valence-corrected chi connectivity index (χ1v) is 9.46. The molecule has 1 aromatic rings. The summed E-state index contributed by atoms with van der Waals surface area (Å²) in [5, 5.41) is 0. The van der Waals surface area contributed by atoms with Crippen LogP contribution in [0.5, 0.6) is 0 Å². The summed E-state index contributed by atoms with van der Waals surface area (Å²) in [7, 11) is -3.36. The van der Waals surface area contributed by atoms with Gasteiger partial charge in [0.1, 0.15) is 0 Å². The quantitative estimate of drug-likeness (QED) is 0.874. The zero-order valence-electron chi connectivity index (χ0n) is 10.7. The number of rotatable bonds is 2. The fourth-order valence-corrected chi connectivity index (χ4v) is 7.21. The summed E-state index contributed by atoms with van der Waals surface area (Å²) in [5.74, 6) is 0.796. The number of aryl methyl sites for hydroxylation is 1. The highest BCUT2D eigenvalue weighted by molar-refractivity contribution is 9.11. The van der Waals surface area contributed by atoms with Gasteiger partial charge in [-0.05, 0) is 53.6 Å². The Balaban J connectivity index is 1.89. The van der Waals surface area contributed by atoms with Crippen molar-refractivity contribution in [2.45, 2.75) is 30.7 Å². The van der Waals surface area contributed by atoms with Crippen LogP contribution in [0.4, 0.5) is 0 Å². The van der Waals surface area contributed by atoms with E-state index in [-0.39, 0.29) is 6.04 Å². The minimum Gasteiger partial charge on any atom is -0.327 e. The molecule has 1 aliphatic heterocycles. The van der Waals surface area contributed by atoms with Gasteiger partial charge in [0.25, 0.3) is 0 Å². The average molecular weight is 365 g/mol. The number of sulfonamides is 1. The summed E-state index contributed by atoms with van der Waals surface area (Å²) in [6.45, 7) is 3.07. The van der Waals surface area contributed by atoms with E-state index in [4.69, 9.17) is 5.73 Å². The molecule has 2 heterocycles. The molecule has 106 valence electrons. The molecule has 1 saturated heterocycles. The summed E-state index contributed by atoms with van der Waals surface area (Å²) in [5.41, 5.74) is 6.07. The van der Waals surface area contributed by atoms with Crippen LogP contribution in [-0.2, 0) is 10.0 Å². The molecular weight excluding hydrogens is 348 g/mol. The maximum absolute atomic E-state index is 12.7. The molecular formula is C12H17BrN2O2S2. The summed E-state index contributed by atoms with van der Waals surface area (Å²) in [4.78, 5) is 1.28. The highest BCUT2D eigenvalue weighted by Gasteiger charge is 2.45. The zero-order valence-corrected chi connectivity index (χ0v) is 13.9. The molecule has 19 heavy (non-hydrogen) atoms. The lowest BCUT2D eigenvalue weighted by Gasteiger charge is -2.18. The summed E-state index contributed by atoms with van der Waals surface area (Å²) in [6.07, 6.45) is 2.09. The lowest BCUT2D eigenvalue weighted by atomic mass is 9.98. The third-order valence-electron chi connectivity index (χ3n) is 4.34. The Kier molecular flexibility index (Phi) is 3.54. The standard InChI is InChI=1S/C12H17BrN2O2S2/c1-7-11(4-12(13)18-7)19(16,17)15-5-8-2-3-10(14)9(8)6-15/h4,8-10H,2-3,5-6,14H2,1H3. The van der Waals surface area contributed by atoms with Gasteiger partial charge in [-0.3, -0.25) is 0 Å². The van der Waals surface area contributed by atoms with E-state index in [0.717, 1.165) is 21.5 Å². The molecule has 3 atom stereocenters. The fourth-order valence-electron chi connectivity index (χ4n) is 3.29. The molecule has 0 aromatic carbocycles. The van der Waals surface area contributed by atoms with Gasteiger partial charge < -0.3 is 5.73 Å². The molecule has 3 unspecified atom stereocenters. The Labute approximate surface area is 126 Å². The minimum atomic E-state index is -3.36. The van der Waals surface area contributed by atoms with Gasteiger partial charge in [-0.25, -0.2) is 8.42 Å². The first kappa shape index (κ1) is 14.0. The van der Waals surface area contributed by atoms with Gasteiger partial charge in [0, 0.05) is 24.0 Å². The second-order valence-corrected chi connectivity index (χ2v) is 10.0. The Morgan fingerprint density at radius 2 is 2.16 bits per heavy atom. The second kappa shape index (κ2) is 4.80. The molecule has 2 aliphatic rings. The van der Waals surface area contributed by atoms with E-state index in [1.165, 1.54) is 11.3 Å². The van der Waals surface area contributed by atoms with Crippen LogP contribution in [0.25, 0.3) is 0 Å². The third kappa shape index (κ3) is 2.29. The van der Waals surface area contributed by atoms with Crippen LogP contribution in [0, 0.1) is 18.8 Å². The molecule has 2 N–H and O–H groups in total. The average Bonchev–Trinajstić information content (AvgIpc) is 2.96. The SMILES string of the molecule is Cc1sc(Br)cc1S(=O)(=O)N1CC2CCC(N)C2C1. The molecule has 0 bridgehead atoms. The van der Waals surface area contributed by atoms with Crippen molar-refractivity contribution in [2.24, 2.45) is 17.6 Å². The number of hydrogen-bond donors (Lipinski definition) is 1. The van der Waals surface area contributed by atoms with Crippen molar-refractivity contribution >= 4 is 37.3 Å². The van der Waals surface area contributed by atoms with Crippen molar-refractivity contribution in [2.75, 3.05) is 13.1 Å². The van der Waals surface area contributed by atoms with Gasteiger partial charge in [0.15, 0.2) is 0 Å². The van der Waals surface area contributed by atoms with E-state index >= 15 is 0 Å². The molecule has 1 saturated carbocycles. The predicted molar refractivity (Wildman–Crippen MR) is 79.7 cm³/mol. The Morgan fingerprint density at radius 1 is 1.42 bits per heavy atom. The number of nitrogens with zero attached hydrogens (tertiary/aromatic N) is 1. The second-order valence-electron chi connectivity index (χ2n) is 5.46. The van der Waals surface area contributed by atoms with E-state index < -0.39 is 10.0 Å². The molecule has 1 aliphatic carbocycles. The fraction of sp³-hybridized carbons (Fsp3) is 0.667. The van der Waals surface area contributed by atoms with Crippen LogP contribution in [0.2, 0.25) is 0 Å². The number of thiophene rings is 1. The minimum absolute atomic E-state index is 0.167. The predicted octanol–water partition coefficient (Wildman–Crippen LogP) is 2.18. The maximum atomic E-state index is 12.7. The highest BCUT2D eigenvalue weighted by Crippen LogP contribution is 2.40. The van der Waals surface area contributed by atoms with E-state index in [0.29, 0.717) is 29.8 Å². The van der Waals surface area contributed by atoms with Crippen LogP contribution >= 0.6 is 27.3 Å². The lowest BCUT2D eigenvalue weighted by molar-refractivity contribution is 0.427. The Bertz CT molecular complexity index is 599. The molecule has 0 radical (unpaired) electrons. The van der Waals surface area contributed by atoms with Crippen LogP contribution in [0.3, 0.4) is 0 Å². The molecule has 2 fully saturated rings. The van der Waals surface area contributed by atoms with Gasteiger partial charge in [-0.1, -0.05) is 0 Å². The van der Waals surface area contributed by atoms with Gasteiger partial charge in [0.05, 0.1) is 8.68 Å². The van der Waals surface area contributed by atoms with E-state index in [1.54, 1.807) is 10.4 Å². The zero-order chi connectivity index (χ0) is 13.8. The van der Waals surface area contributed by atoms with Crippen molar-refractivity contribution in [3.05, 3.63) is 14.7 Å². The van der Waals surface area contributed by atoms with Gasteiger partial charge in [-0.2, -0.15) is 4.31 Å². The van der Waals surface area contributed by atoms with Gasteiger partial charge in [0.2, 0.25) is 10.0 Å². The van der Waals surface area contributed by atoms with E-state index in [9.17, 15) is 8.42 Å². The van der Waals surface area contributed by atoms with Crippen molar-refractivity contribution in [3.8, 4) is 0 Å². The molecule has 4 nitrogen and oxygen atoms in total. The van der Waals surface area contributed by atoms with Crippen molar-refractivity contribution in [3.63, 3.8) is 0 Å². The topological polar surface area (TPSA) is 63.4 Å². The number of fused-ring (bicyclic) bond motifs is 1. The summed E-state index contributed by atoms with van der Waals surface area (Å²) < 4.78 is 27.8. The number of hydrogen-bond acceptors (Lipinski definition) is 4. The van der Waals surface area contributed by atoms with E-state index in [1.807, 2.05) is 6.92 Å². The van der Waals surface area contributed by atoms with Crippen LogP contribution in [-0.4, -0.2) is 31.9 Å². The normalized spacial score (nSPS) is 31.8. The summed E-state index contributed by atoms with van der Waals surface area (Å²) >= 11 is 4.82. The smallest absolute Gasteiger partial charge is 0.244 e. The van der Waals surface area contributed by atoms with Crippen molar-refractivity contribution < 1.29 is 8.42 Å². The van der Waals surface area contributed by atoms with Crippen molar-refractivity contribution in [1.82, 2.24) is 4.31 Å². The van der Waals surface area contributed by atoms with Crippen LogP contribution in [0.1, 0.15) is 17.7 Å². The Hall–Kier alpha value is 0.0500. The first-order chi connectivity index (χ1) is 8.89. The van der Waals surface area contributed by atoms with Crippen LogP contribution < -0.4 is 5.73 Å². The van der Waals surface area contributed by atoms with E-state index in [2.05, 4.69) is 15.9 Å². The monoisotopic (exact) mass is 364 g/mol. The van der Waals surface area contributed by atoms with Crippen LogP contribution in [0.15, 0.2) is 14.7 Å². The van der Waals surface area contributed by atoms with Gasteiger partial charge in [-0.15, -0.1) is 11.3 Å². The molecule has 0 spiro atoms. The largest absolute Gasteiger partial charge is 0.327 e. The maximum Gasteiger partial charge on any atom is 0.244 e. The van der Waals surface area contributed by atoms with Crippen molar-refractivity contribution in [1.29, 1.82) is 0 Å². The first-order valence-electron chi connectivity index (χ1n) is 6.41. The molecule has 0 amide bonds. The molecule has 1 aromatic heterocycles. The Morgan fingerprint density at radius 3 is 2.74 bits per heavy atom.